The molecule has 6 nitrogen and oxygen atoms in total. The van der Waals surface area contributed by atoms with Crippen LogP contribution >= 0.6 is 22.7 Å². The van der Waals surface area contributed by atoms with Gasteiger partial charge in [0.2, 0.25) is 0 Å². The molecule has 2 aromatic heterocycles. The molecule has 0 saturated carbocycles. The summed E-state index contributed by atoms with van der Waals surface area (Å²) in [6.07, 6.45) is 3.24. The van der Waals surface area contributed by atoms with E-state index in [1.54, 1.807) is 23.6 Å². The van der Waals surface area contributed by atoms with E-state index in [4.69, 9.17) is 0 Å². The second kappa shape index (κ2) is 8.49. The van der Waals surface area contributed by atoms with Gasteiger partial charge in [0, 0.05) is 24.0 Å². The molecule has 1 saturated heterocycles. The average molecular weight is 462 g/mol. The molecule has 4 rings (SSSR count). The van der Waals surface area contributed by atoms with Crippen molar-refractivity contribution < 1.29 is 13.2 Å². The second-order valence-electron chi connectivity index (χ2n) is 7.36. The van der Waals surface area contributed by atoms with E-state index in [-0.39, 0.29) is 10.1 Å². The Morgan fingerprint density at radius 2 is 1.87 bits per heavy atom. The molecule has 0 atom stereocenters. The summed E-state index contributed by atoms with van der Waals surface area (Å²) in [5.41, 5.74) is 2.83. The number of carbonyl (C=O) groups is 1. The number of aryl methyl sites for hydroxylation is 2. The van der Waals surface area contributed by atoms with Gasteiger partial charge in [-0.2, -0.15) is 0 Å². The van der Waals surface area contributed by atoms with Crippen LogP contribution in [-0.4, -0.2) is 37.3 Å². The fourth-order valence-electron chi connectivity index (χ4n) is 3.41. The number of hydrogen-bond donors (Lipinski definition) is 1. The molecule has 0 radical (unpaired) electrons. The Hall–Kier alpha value is -2.23. The number of thiophene rings is 1. The van der Waals surface area contributed by atoms with Crippen molar-refractivity contribution in [2.24, 2.45) is 0 Å². The maximum absolute atomic E-state index is 12.9. The first-order valence-corrected chi connectivity index (χ1v) is 13.0. The Kier molecular flexibility index (Phi) is 5.95. The summed E-state index contributed by atoms with van der Waals surface area (Å²) >= 11 is 2.48. The summed E-state index contributed by atoms with van der Waals surface area (Å²) in [5.74, 6) is 0.0280. The van der Waals surface area contributed by atoms with Gasteiger partial charge in [-0.15, -0.1) is 22.7 Å². The summed E-state index contributed by atoms with van der Waals surface area (Å²) in [6, 6.07) is 8.88. The van der Waals surface area contributed by atoms with Crippen molar-refractivity contribution in [3.63, 3.8) is 0 Å². The lowest BCUT2D eigenvalue weighted by atomic mass is 10.1. The molecule has 0 unspecified atom stereocenters. The third kappa shape index (κ3) is 4.28. The van der Waals surface area contributed by atoms with Crippen molar-refractivity contribution in [2.75, 3.05) is 17.8 Å². The molecule has 0 aliphatic carbocycles. The number of hydrogen-bond acceptors (Lipinski definition) is 6. The number of nitrogens with one attached hydrogen (secondary N) is 1. The van der Waals surface area contributed by atoms with Gasteiger partial charge < -0.3 is 4.90 Å². The highest BCUT2D eigenvalue weighted by atomic mass is 32.2. The highest BCUT2D eigenvalue weighted by molar-refractivity contribution is 7.94. The summed E-state index contributed by atoms with van der Waals surface area (Å²) in [4.78, 5) is 19.9. The van der Waals surface area contributed by atoms with Crippen LogP contribution in [0.4, 0.5) is 5.69 Å². The normalized spacial score (nSPS) is 14.7. The first-order chi connectivity index (χ1) is 14.3. The Balaban J connectivity index is 1.57. The van der Waals surface area contributed by atoms with Crippen LogP contribution in [0.25, 0.3) is 10.6 Å². The molecule has 1 fully saturated rings. The van der Waals surface area contributed by atoms with E-state index in [0.717, 1.165) is 48.4 Å². The number of likely N-dealkylation sites (tertiary alicyclic amines) is 1. The zero-order valence-electron chi connectivity index (χ0n) is 16.8. The number of piperidine rings is 1. The number of sulfonamides is 1. The lowest BCUT2D eigenvalue weighted by Gasteiger charge is -2.26. The van der Waals surface area contributed by atoms with Gasteiger partial charge in [0.15, 0.2) is 0 Å². The van der Waals surface area contributed by atoms with Crippen molar-refractivity contribution in [1.82, 2.24) is 9.88 Å². The summed E-state index contributed by atoms with van der Waals surface area (Å²) in [7, 11) is -3.69. The molecule has 0 spiro atoms. The van der Waals surface area contributed by atoms with E-state index in [1.807, 2.05) is 30.9 Å². The van der Waals surface area contributed by atoms with E-state index in [2.05, 4.69) is 9.71 Å². The van der Waals surface area contributed by atoms with Crippen molar-refractivity contribution in [3.8, 4) is 10.6 Å². The van der Waals surface area contributed by atoms with Crippen LogP contribution in [0.3, 0.4) is 0 Å². The molecule has 1 N–H and O–H groups in total. The highest BCUT2D eigenvalue weighted by Gasteiger charge is 2.24. The molecule has 1 aliphatic rings. The summed E-state index contributed by atoms with van der Waals surface area (Å²) in [5, 5.41) is 2.45. The second-order valence-corrected chi connectivity index (χ2v) is 11.2. The first kappa shape index (κ1) is 21.0. The topological polar surface area (TPSA) is 79.4 Å². The number of nitrogens with zero attached hydrogens (tertiary/aromatic N) is 2. The minimum atomic E-state index is -3.69. The van der Waals surface area contributed by atoms with E-state index in [9.17, 15) is 13.2 Å². The van der Waals surface area contributed by atoms with Crippen LogP contribution in [0, 0.1) is 13.8 Å². The van der Waals surface area contributed by atoms with Gasteiger partial charge in [-0.25, -0.2) is 13.4 Å². The van der Waals surface area contributed by atoms with E-state index < -0.39 is 10.0 Å². The lowest BCUT2D eigenvalue weighted by molar-refractivity contribution is 0.0728. The minimum absolute atomic E-state index is 0.0280. The molecule has 1 amide bonds. The Morgan fingerprint density at radius 3 is 2.60 bits per heavy atom. The highest BCUT2D eigenvalue weighted by Crippen LogP contribution is 2.34. The molecule has 3 aromatic rings. The minimum Gasteiger partial charge on any atom is -0.338 e. The van der Waals surface area contributed by atoms with Crippen molar-refractivity contribution in [2.45, 2.75) is 37.3 Å². The molecule has 30 heavy (non-hydrogen) atoms. The van der Waals surface area contributed by atoms with Gasteiger partial charge in [0.1, 0.15) is 14.1 Å². The summed E-state index contributed by atoms with van der Waals surface area (Å²) in [6.45, 7) is 5.27. The number of anilines is 1. The van der Waals surface area contributed by atoms with Gasteiger partial charge in [-0.3, -0.25) is 9.52 Å². The predicted octanol–water partition coefficient (Wildman–Crippen LogP) is 4.92. The van der Waals surface area contributed by atoms with E-state index in [1.165, 1.54) is 17.8 Å². The molecule has 3 heterocycles. The fourth-order valence-corrected chi connectivity index (χ4v) is 6.80. The summed E-state index contributed by atoms with van der Waals surface area (Å²) < 4.78 is 28.5. The Morgan fingerprint density at radius 1 is 1.13 bits per heavy atom. The van der Waals surface area contributed by atoms with Gasteiger partial charge in [0.05, 0.1) is 11.4 Å². The standard InChI is InChI=1S/C21H23N3O3S3/c1-14-8-4-5-9-17(14)23-30(26,27)18-12-16(13-28-18)20-22-15(2)19(29-20)21(25)24-10-6-3-7-11-24/h4-5,8-9,12-13,23H,3,6-7,10-11H2,1-2H3. The zero-order chi connectivity index (χ0) is 21.3. The Bertz CT molecular complexity index is 1180. The molecule has 9 heteroatoms. The van der Waals surface area contributed by atoms with Gasteiger partial charge in [-0.1, -0.05) is 18.2 Å². The van der Waals surface area contributed by atoms with E-state index in [0.29, 0.717) is 21.3 Å². The monoisotopic (exact) mass is 461 g/mol. The van der Waals surface area contributed by atoms with Crippen LogP contribution < -0.4 is 4.72 Å². The number of para-hydroxylation sites is 1. The van der Waals surface area contributed by atoms with Crippen molar-refractivity contribution in [1.29, 1.82) is 0 Å². The predicted molar refractivity (Wildman–Crippen MR) is 122 cm³/mol. The maximum Gasteiger partial charge on any atom is 0.271 e. The van der Waals surface area contributed by atoms with Crippen molar-refractivity contribution in [3.05, 3.63) is 51.8 Å². The number of aromatic nitrogens is 1. The van der Waals surface area contributed by atoms with Crippen LogP contribution in [0.2, 0.25) is 0 Å². The maximum atomic E-state index is 12.9. The van der Waals surface area contributed by atoms with E-state index >= 15 is 0 Å². The largest absolute Gasteiger partial charge is 0.338 e. The van der Waals surface area contributed by atoms with Crippen LogP contribution in [-0.2, 0) is 10.0 Å². The number of thiazole rings is 1. The van der Waals surface area contributed by atoms with Gasteiger partial charge in [-0.05, 0) is 50.8 Å². The number of benzene rings is 1. The van der Waals surface area contributed by atoms with Crippen LogP contribution in [0.5, 0.6) is 0 Å². The Labute approximate surface area is 184 Å². The van der Waals surface area contributed by atoms with Crippen LogP contribution in [0.15, 0.2) is 39.9 Å². The van der Waals surface area contributed by atoms with Crippen LogP contribution in [0.1, 0.15) is 40.2 Å². The lowest BCUT2D eigenvalue weighted by Crippen LogP contribution is -2.35. The molecular weight excluding hydrogens is 438 g/mol. The molecule has 1 aromatic carbocycles. The fraction of sp³-hybridized carbons (Fsp3) is 0.333. The van der Waals surface area contributed by atoms with Gasteiger partial charge >= 0.3 is 0 Å². The zero-order valence-corrected chi connectivity index (χ0v) is 19.3. The quantitative estimate of drug-likeness (QED) is 0.585. The number of rotatable bonds is 5. The third-order valence-electron chi connectivity index (χ3n) is 5.11. The third-order valence-corrected chi connectivity index (χ3v) is 9.11. The first-order valence-electron chi connectivity index (χ1n) is 9.79. The smallest absolute Gasteiger partial charge is 0.271 e. The average Bonchev–Trinajstić information content (AvgIpc) is 3.37. The number of carbonyl (C=O) groups excluding carboxylic acids is 1. The SMILES string of the molecule is Cc1ccccc1NS(=O)(=O)c1cc(-c2nc(C)c(C(=O)N3CCCCC3)s2)cs1. The molecular formula is C21H23N3O3S3. The molecule has 158 valence electrons. The molecule has 0 bridgehead atoms. The van der Waals surface area contributed by atoms with Gasteiger partial charge in [0.25, 0.3) is 15.9 Å². The number of amides is 1. The molecule has 1 aliphatic heterocycles. The van der Waals surface area contributed by atoms with Crippen molar-refractivity contribution >= 4 is 44.3 Å².